The van der Waals surface area contributed by atoms with E-state index in [4.69, 9.17) is 0 Å². The zero-order chi connectivity index (χ0) is 26.7. The van der Waals surface area contributed by atoms with E-state index in [2.05, 4.69) is 5.32 Å². The summed E-state index contributed by atoms with van der Waals surface area (Å²) in [5.41, 5.74) is 1.77. The summed E-state index contributed by atoms with van der Waals surface area (Å²) in [5.74, 6) is -0.204. The van der Waals surface area contributed by atoms with Crippen LogP contribution in [0.3, 0.4) is 0 Å². The van der Waals surface area contributed by atoms with E-state index >= 15 is 0 Å². The molecule has 0 aliphatic heterocycles. The summed E-state index contributed by atoms with van der Waals surface area (Å²) in [5, 5.41) is 33.9. The van der Waals surface area contributed by atoms with Crippen molar-refractivity contribution in [1.82, 2.24) is 10.2 Å². The Labute approximate surface area is 219 Å². The lowest BCUT2D eigenvalue weighted by atomic mass is 9.87. The molecule has 7 heteroatoms. The Hall–Kier alpha value is -3.06. The van der Waals surface area contributed by atoms with Crippen molar-refractivity contribution in [2.24, 2.45) is 11.8 Å². The molecular formula is C30H40N2O5. The van der Waals surface area contributed by atoms with Crippen LogP contribution in [0.15, 0.2) is 36.4 Å². The van der Waals surface area contributed by atoms with Crippen LogP contribution in [0.2, 0.25) is 0 Å². The van der Waals surface area contributed by atoms with Crippen molar-refractivity contribution in [2.45, 2.75) is 83.3 Å². The van der Waals surface area contributed by atoms with Gasteiger partial charge in [0.15, 0.2) is 0 Å². The van der Waals surface area contributed by atoms with Crippen molar-refractivity contribution in [3.05, 3.63) is 58.7 Å². The summed E-state index contributed by atoms with van der Waals surface area (Å²) in [6, 6.07) is 10.6. The maximum absolute atomic E-state index is 13.1. The normalized spacial score (nSPS) is 22.0. The monoisotopic (exact) mass is 508 g/mol. The van der Waals surface area contributed by atoms with E-state index in [1.807, 2.05) is 38.1 Å². The second kappa shape index (κ2) is 11.1. The number of hydrogen-bond donors (Lipinski definition) is 4. The van der Waals surface area contributed by atoms with Crippen LogP contribution < -0.4 is 5.32 Å². The molecule has 2 aliphatic carbocycles. The van der Waals surface area contributed by atoms with Gasteiger partial charge in [-0.15, -0.1) is 0 Å². The van der Waals surface area contributed by atoms with Gasteiger partial charge in [-0.25, -0.2) is 0 Å². The minimum absolute atomic E-state index is 0.00374. The van der Waals surface area contributed by atoms with Gasteiger partial charge in [-0.1, -0.05) is 63.8 Å². The lowest BCUT2D eigenvalue weighted by molar-refractivity contribution is -0.145. The Kier molecular flexibility index (Phi) is 8.12. The van der Waals surface area contributed by atoms with Gasteiger partial charge in [-0.3, -0.25) is 14.9 Å². The Morgan fingerprint density at radius 1 is 1.03 bits per heavy atom. The van der Waals surface area contributed by atoms with E-state index < -0.39 is 11.5 Å². The molecule has 2 aromatic rings. The predicted octanol–water partition coefficient (Wildman–Crippen LogP) is 5.40. The molecule has 2 fully saturated rings. The molecule has 2 atom stereocenters. The molecule has 0 aromatic heterocycles. The first-order chi connectivity index (χ1) is 17.6. The number of carboxylic acid groups (broad SMARTS) is 1. The quantitative estimate of drug-likeness (QED) is 0.361. The first-order valence-electron chi connectivity index (χ1n) is 13.5. The highest BCUT2D eigenvalue weighted by Gasteiger charge is 2.47. The van der Waals surface area contributed by atoms with E-state index in [1.165, 1.54) is 36.6 Å². The molecule has 4 N–H and O–H groups in total. The van der Waals surface area contributed by atoms with Crippen LogP contribution >= 0.6 is 0 Å². The standard InChI is InChI=1S/C30H40N2O5/c1-19(2)24-14-25(27(34)15-26(24)33)28(35)32(3)18-21-8-6-7-20(13-21)17-31-30(29(36)37)12-11-23(16-30)22-9-4-5-10-22/h6-8,13-15,19,22-23,31,33-34H,4-5,9-12,16-18H2,1-3H3,(H,36,37). The molecule has 0 radical (unpaired) electrons. The first kappa shape index (κ1) is 27.0. The van der Waals surface area contributed by atoms with Gasteiger partial charge in [-0.2, -0.15) is 0 Å². The third kappa shape index (κ3) is 5.93. The van der Waals surface area contributed by atoms with Crippen LogP contribution in [0.25, 0.3) is 0 Å². The van der Waals surface area contributed by atoms with E-state index in [0.717, 1.165) is 17.5 Å². The molecular weight excluding hydrogens is 468 g/mol. The van der Waals surface area contributed by atoms with Gasteiger partial charge in [0.2, 0.25) is 0 Å². The molecule has 2 saturated carbocycles. The second-order valence-corrected chi connectivity index (χ2v) is 11.4. The van der Waals surface area contributed by atoms with Gasteiger partial charge in [0, 0.05) is 26.2 Å². The average molecular weight is 509 g/mol. The van der Waals surface area contributed by atoms with Crippen molar-refractivity contribution in [3.63, 3.8) is 0 Å². The van der Waals surface area contributed by atoms with Gasteiger partial charge in [0.1, 0.15) is 17.0 Å². The molecule has 200 valence electrons. The Balaban J connectivity index is 1.41. The van der Waals surface area contributed by atoms with E-state index in [9.17, 15) is 24.9 Å². The Morgan fingerprint density at radius 3 is 2.41 bits per heavy atom. The number of rotatable bonds is 9. The van der Waals surface area contributed by atoms with Crippen LogP contribution in [-0.2, 0) is 17.9 Å². The number of aliphatic carboxylic acids is 1. The van der Waals surface area contributed by atoms with Crippen molar-refractivity contribution in [1.29, 1.82) is 0 Å². The molecule has 2 unspecified atom stereocenters. The van der Waals surface area contributed by atoms with Crippen molar-refractivity contribution >= 4 is 11.9 Å². The van der Waals surface area contributed by atoms with Gasteiger partial charge in [0.25, 0.3) is 5.91 Å². The molecule has 0 spiro atoms. The molecule has 2 aliphatic rings. The van der Waals surface area contributed by atoms with Crippen LogP contribution in [0.4, 0.5) is 0 Å². The molecule has 7 nitrogen and oxygen atoms in total. The van der Waals surface area contributed by atoms with E-state index in [1.54, 1.807) is 13.1 Å². The zero-order valence-electron chi connectivity index (χ0n) is 22.2. The van der Waals surface area contributed by atoms with Crippen molar-refractivity contribution in [3.8, 4) is 11.5 Å². The van der Waals surface area contributed by atoms with E-state index in [0.29, 0.717) is 43.3 Å². The molecule has 0 heterocycles. The minimum atomic E-state index is -0.874. The molecule has 2 aromatic carbocycles. The summed E-state index contributed by atoms with van der Waals surface area (Å²) in [7, 11) is 1.68. The lowest BCUT2D eigenvalue weighted by Crippen LogP contribution is -2.49. The maximum atomic E-state index is 13.1. The highest BCUT2D eigenvalue weighted by atomic mass is 16.4. The van der Waals surface area contributed by atoms with Gasteiger partial charge >= 0.3 is 5.97 Å². The highest BCUT2D eigenvalue weighted by Crippen LogP contribution is 2.44. The van der Waals surface area contributed by atoms with Gasteiger partial charge in [-0.05, 0) is 59.8 Å². The van der Waals surface area contributed by atoms with Crippen LogP contribution in [-0.4, -0.2) is 44.7 Å². The number of aromatic hydroxyl groups is 2. The number of amides is 1. The summed E-state index contributed by atoms with van der Waals surface area (Å²) in [4.78, 5) is 26.9. The number of phenolic OH excluding ortho intramolecular Hbond substituents is 2. The van der Waals surface area contributed by atoms with Gasteiger partial charge < -0.3 is 20.2 Å². The van der Waals surface area contributed by atoms with Crippen LogP contribution in [0.1, 0.15) is 91.8 Å². The first-order valence-corrected chi connectivity index (χ1v) is 13.5. The number of carbonyl (C=O) groups is 2. The fraction of sp³-hybridized carbons (Fsp3) is 0.533. The third-order valence-corrected chi connectivity index (χ3v) is 8.41. The average Bonchev–Trinajstić information content (AvgIpc) is 3.53. The molecule has 4 rings (SSSR count). The predicted molar refractivity (Wildman–Crippen MR) is 143 cm³/mol. The second-order valence-electron chi connectivity index (χ2n) is 11.4. The lowest BCUT2D eigenvalue weighted by Gasteiger charge is -2.27. The summed E-state index contributed by atoms with van der Waals surface area (Å²) in [6.45, 7) is 4.61. The van der Waals surface area contributed by atoms with Gasteiger partial charge in [0.05, 0.1) is 5.56 Å². The summed E-state index contributed by atoms with van der Waals surface area (Å²) in [6.07, 6.45) is 7.32. The zero-order valence-corrected chi connectivity index (χ0v) is 22.2. The molecule has 1 amide bonds. The molecule has 0 bridgehead atoms. The van der Waals surface area contributed by atoms with Crippen LogP contribution in [0.5, 0.6) is 11.5 Å². The van der Waals surface area contributed by atoms with Crippen molar-refractivity contribution in [2.75, 3.05) is 7.05 Å². The Morgan fingerprint density at radius 2 is 1.73 bits per heavy atom. The summed E-state index contributed by atoms with van der Waals surface area (Å²) >= 11 is 0. The number of nitrogens with one attached hydrogen (secondary N) is 1. The fourth-order valence-corrected chi connectivity index (χ4v) is 6.23. The number of hydrogen-bond acceptors (Lipinski definition) is 5. The number of benzene rings is 2. The SMILES string of the molecule is CC(C)c1cc(C(=O)N(C)Cc2cccc(CNC3(C(=O)O)CCC(C4CCCC4)C3)c2)c(O)cc1O. The Bertz CT molecular complexity index is 1140. The largest absolute Gasteiger partial charge is 0.508 e. The van der Waals surface area contributed by atoms with Crippen LogP contribution in [0, 0.1) is 11.8 Å². The molecule has 37 heavy (non-hydrogen) atoms. The maximum Gasteiger partial charge on any atom is 0.323 e. The molecule has 0 saturated heterocycles. The topological polar surface area (TPSA) is 110 Å². The number of nitrogens with zero attached hydrogens (tertiary/aromatic N) is 1. The highest BCUT2D eigenvalue weighted by molar-refractivity contribution is 5.97. The van der Waals surface area contributed by atoms with Crippen molar-refractivity contribution < 1.29 is 24.9 Å². The number of carbonyl (C=O) groups excluding carboxylic acids is 1. The van der Waals surface area contributed by atoms with E-state index in [-0.39, 0.29) is 28.9 Å². The fourth-order valence-electron chi connectivity index (χ4n) is 6.23. The third-order valence-electron chi connectivity index (χ3n) is 8.41. The number of carboxylic acids is 1. The minimum Gasteiger partial charge on any atom is -0.508 e. The number of phenols is 2. The summed E-state index contributed by atoms with van der Waals surface area (Å²) < 4.78 is 0. The smallest absolute Gasteiger partial charge is 0.323 e.